The zero-order valence-electron chi connectivity index (χ0n) is 5.84. The summed E-state index contributed by atoms with van der Waals surface area (Å²) in [7, 11) is 0. The van der Waals surface area contributed by atoms with Gasteiger partial charge in [-0.25, -0.2) is 0 Å². The van der Waals surface area contributed by atoms with Crippen LogP contribution in [0.15, 0.2) is 0 Å². The summed E-state index contributed by atoms with van der Waals surface area (Å²) in [6.45, 7) is 0. The van der Waals surface area contributed by atoms with Crippen LogP contribution in [0, 0.1) is 29.1 Å². The second-order valence-corrected chi connectivity index (χ2v) is 4.63. The predicted octanol–water partition coefficient (Wildman–Crippen LogP) is 1.23. The third-order valence-electron chi connectivity index (χ3n) is 4.51. The number of hydrogen-bond donors (Lipinski definition) is 0. The molecule has 1 heteroatoms. The Morgan fingerprint density at radius 3 is 2.60 bits per heavy atom. The molecule has 0 amide bonds. The van der Waals surface area contributed by atoms with Gasteiger partial charge in [0.1, 0.15) is 5.78 Å². The van der Waals surface area contributed by atoms with E-state index in [2.05, 4.69) is 0 Å². The summed E-state index contributed by atoms with van der Waals surface area (Å²) in [5.41, 5.74) is 0.310. The van der Waals surface area contributed by atoms with Gasteiger partial charge < -0.3 is 0 Å². The van der Waals surface area contributed by atoms with E-state index in [9.17, 15) is 4.79 Å². The van der Waals surface area contributed by atoms with Crippen molar-refractivity contribution in [1.29, 1.82) is 0 Å². The first kappa shape index (κ1) is 4.53. The lowest BCUT2D eigenvalue weighted by molar-refractivity contribution is -0.127. The SMILES string of the molecule is O=C1C2C3CC(C32)C12CC2. The van der Waals surface area contributed by atoms with Crippen LogP contribution in [-0.2, 0) is 4.79 Å². The first-order chi connectivity index (χ1) is 4.84. The second kappa shape index (κ2) is 0.910. The van der Waals surface area contributed by atoms with Crippen LogP contribution in [0.1, 0.15) is 19.3 Å². The Bertz CT molecular complexity index is 251. The fraction of sp³-hybridized carbons (Fsp3) is 0.889. The van der Waals surface area contributed by atoms with E-state index < -0.39 is 0 Å². The van der Waals surface area contributed by atoms with Gasteiger partial charge in [0.2, 0.25) is 0 Å². The van der Waals surface area contributed by atoms with E-state index in [0.717, 1.165) is 17.8 Å². The van der Waals surface area contributed by atoms with E-state index in [1.807, 2.05) is 0 Å². The number of hydrogen-bond acceptors (Lipinski definition) is 1. The van der Waals surface area contributed by atoms with Crippen molar-refractivity contribution >= 4 is 5.78 Å². The van der Waals surface area contributed by atoms with Crippen LogP contribution in [0.5, 0.6) is 0 Å². The van der Waals surface area contributed by atoms with Crippen LogP contribution in [-0.4, -0.2) is 5.78 Å². The van der Waals surface area contributed by atoms with Gasteiger partial charge in [-0.3, -0.25) is 4.79 Å². The topological polar surface area (TPSA) is 17.1 Å². The maximum absolute atomic E-state index is 11.6. The molecular weight excluding hydrogens is 124 g/mol. The number of ketones is 1. The molecule has 1 spiro atoms. The van der Waals surface area contributed by atoms with Gasteiger partial charge in [0, 0.05) is 11.3 Å². The number of Topliss-reactive ketones (excluding diaryl/α,β-unsaturated/α-hetero) is 1. The molecule has 1 nitrogen and oxygen atoms in total. The molecule has 4 rings (SSSR count). The third-order valence-corrected chi connectivity index (χ3v) is 4.51. The lowest BCUT2D eigenvalue weighted by Crippen LogP contribution is -2.31. The highest BCUT2D eigenvalue weighted by atomic mass is 16.1. The molecule has 0 aliphatic heterocycles. The van der Waals surface area contributed by atoms with E-state index in [1.54, 1.807) is 0 Å². The predicted molar refractivity (Wildman–Crippen MR) is 35.3 cm³/mol. The molecule has 0 bridgehead atoms. The molecule has 0 heterocycles. The summed E-state index contributed by atoms with van der Waals surface area (Å²) in [6.07, 6.45) is 3.91. The molecule has 10 heavy (non-hydrogen) atoms. The van der Waals surface area contributed by atoms with Gasteiger partial charge in [0.15, 0.2) is 0 Å². The van der Waals surface area contributed by atoms with Crippen LogP contribution >= 0.6 is 0 Å². The van der Waals surface area contributed by atoms with Crippen molar-refractivity contribution in [2.75, 3.05) is 0 Å². The quantitative estimate of drug-likeness (QED) is 0.487. The Balaban J connectivity index is 1.94. The zero-order valence-corrected chi connectivity index (χ0v) is 5.84. The Morgan fingerprint density at radius 2 is 2.20 bits per heavy atom. The maximum atomic E-state index is 11.6. The molecule has 4 unspecified atom stereocenters. The van der Waals surface area contributed by atoms with Crippen molar-refractivity contribution in [1.82, 2.24) is 0 Å². The molecule has 4 saturated carbocycles. The molecule has 0 aromatic heterocycles. The molecule has 0 radical (unpaired) electrons. The summed E-state index contributed by atoms with van der Waals surface area (Å²) in [5, 5.41) is 0. The Labute approximate surface area is 59.8 Å². The molecule has 0 aromatic rings. The highest BCUT2D eigenvalue weighted by Gasteiger charge is 2.82. The molecule has 4 fully saturated rings. The van der Waals surface area contributed by atoms with Crippen molar-refractivity contribution in [3.8, 4) is 0 Å². The third kappa shape index (κ3) is 0.228. The van der Waals surface area contributed by atoms with Crippen molar-refractivity contribution in [2.45, 2.75) is 19.3 Å². The van der Waals surface area contributed by atoms with Gasteiger partial charge in [-0.1, -0.05) is 0 Å². The van der Waals surface area contributed by atoms with Gasteiger partial charge in [0.05, 0.1) is 0 Å². The fourth-order valence-electron chi connectivity index (χ4n) is 3.74. The van der Waals surface area contributed by atoms with Crippen molar-refractivity contribution in [2.24, 2.45) is 29.1 Å². The van der Waals surface area contributed by atoms with Gasteiger partial charge in [-0.05, 0) is 37.0 Å². The Kier molecular flexibility index (Phi) is 0.412. The minimum Gasteiger partial charge on any atom is -0.299 e. The number of fused-ring (bicyclic) bond motifs is 2. The summed E-state index contributed by atoms with van der Waals surface area (Å²) < 4.78 is 0. The van der Waals surface area contributed by atoms with E-state index in [0.29, 0.717) is 17.1 Å². The summed E-state index contributed by atoms with van der Waals surface area (Å²) in [6, 6.07) is 0. The van der Waals surface area contributed by atoms with E-state index in [-0.39, 0.29) is 0 Å². The largest absolute Gasteiger partial charge is 0.299 e. The highest BCUT2D eigenvalue weighted by molar-refractivity contribution is 5.97. The smallest absolute Gasteiger partial charge is 0.142 e. The first-order valence-electron chi connectivity index (χ1n) is 4.39. The molecular formula is C9H10O. The van der Waals surface area contributed by atoms with Gasteiger partial charge in [-0.2, -0.15) is 0 Å². The molecule has 0 N–H and O–H groups in total. The highest BCUT2D eigenvalue weighted by Crippen LogP contribution is 2.82. The lowest BCUT2D eigenvalue weighted by atomic mass is 9.72. The van der Waals surface area contributed by atoms with Crippen molar-refractivity contribution in [3.63, 3.8) is 0 Å². The van der Waals surface area contributed by atoms with E-state index >= 15 is 0 Å². The van der Waals surface area contributed by atoms with Gasteiger partial charge >= 0.3 is 0 Å². The van der Waals surface area contributed by atoms with Crippen LogP contribution in [0.25, 0.3) is 0 Å². The number of rotatable bonds is 0. The molecule has 52 valence electrons. The lowest BCUT2D eigenvalue weighted by Gasteiger charge is -2.31. The second-order valence-electron chi connectivity index (χ2n) is 4.63. The Morgan fingerprint density at radius 1 is 1.40 bits per heavy atom. The summed E-state index contributed by atoms with van der Waals surface area (Å²) in [4.78, 5) is 11.6. The average Bonchev–Trinajstić information content (AvgIpc) is 2.69. The van der Waals surface area contributed by atoms with Gasteiger partial charge in [0.25, 0.3) is 0 Å². The molecule has 4 aliphatic rings. The standard InChI is InChI=1S/C9H10O/c10-8-7-4-3-5(6(4)7)9(8)1-2-9/h4-7H,1-3H2. The van der Waals surface area contributed by atoms with Crippen molar-refractivity contribution in [3.05, 3.63) is 0 Å². The Hall–Kier alpha value is -0.330. The minimum absolute atomic E-state index is 0.310. The van der Waals surface area contributed by atoms with Crippen LogP contribution in [0.3, 0.4) is 0 Å². The maximum Gasteiger partial charge on any atom is 0.142 e. The first-order valence-corrected chi connectivity index (χ1v) is 4.39. The average molecular weight is 134 g/mol. The zero-order chi connectivity index (χ0) is 6.51. The van der Waals surface area contributed by atoms with Gasteiger partial charge in [-0.15, -0.1) is 0 Å². The molecule has 0 aromatic carbocycles. The normalized spacial score (nSPS) is 63.8. The van der Waals surface area contributed by atoms with E-state index in [1.165, 1.54) is 19.3 Å². The van der Waals surface area contributed by atoms with Crippen LogP contribution < -0.4 is 0 Å². The number of carbonyl (C=O) groups excluding carboxylic acids is 1. The fourth-order valence-corrected chi connectivity index (χ4v) is 3.74. The monoisotopic (exact) mass is 134 g/mol. The summed E-state index contributed by atoms with van der Waals surface area (Å²) in [5.74, 6) is 3.96. The number of carbonyl (C=O) groups is 1. The molecule has 4 aliphatic carbocycles. The van der Waals surface area contributed by atoms with Crippen LogP contribution in [0.4, 0.5) is 0 Å². The minimum atomic E-state index is 0.310. The summed E-state index contributed by atoms with van der Waals surface area (Å²) >= 11 is 0. The van der Waals surface area contributed by atoms with E-state index in [4.69, 9.17) is 0 Å². The molecule has 0 saturated heterocycles. The van der Waals surface area contributed by atoms with Crippen LogP contribution in [0.2, 0.25) is 0 Å². The molecule has 4 atom stereocenters. The van der Waals surface area contributed by atoms with Crippen molar-refractivity contribution < 1.29 is 4.79 Å².